The number of ether oxygens (including phenoxy) is 1. The highest BCUT2D eigenvalue weighted by Crippen LogP contribution is 2.33. The summed E-state index contributed by atoms with van der Waals surface area (Å²) < 4.78 is 5.81. The molecule has 2 atom stereocenters. The van der Waals surface area contributed by atoms with Gasteiger partial charge in [-0.2, -0.15) is 0 Å². The van der Waals surface area contributed by atoms with Crippen molar-refractivity contribution in [3.05, 3.63) is 28.2 Å². The van der Waals surface area contributed by atoms with Gasteiger partial charge in [0.15, 0.2) is 0 Å². The van der Waals surface area contributed by atoms with Crippen molar-refractivity contribution in [3.8, 4) is 0 Å². The Morgan fingerprint density at radius 3 is 2.35 bits per heavy atom. The van der Waals surface area contributed by atoms with E-state index in [1.54, 1.807) is 6.07 Å². The van der Waals surface area contributed by atoms with Crippen molar-refractivity contribution in [2.24, 2.45) is 0 Å². The van der Waals surface area contributed by atoms with E-state index in [1.807, 2.05) is 0 Å². The first-order valence-corrected chi connectivity index (χ1v) is 6.84. The first kappa shape index (κ1) is 13.3. The van der Waals surface area contributed by atoms with Crippen LogP contribution < -0.4 is 4.90 Å². The number of carbonyl (C=O) groups excluding carboxylic acids is 2. The van der Waals surface area contributed by atoms with E-state index in [0.29, 0.717) is 17.3 Å². The van der Waals surface area contributed by atoms with Crippen LogP contribution >= 0.6 is 15.9 Å². The first-order valence-electron chi connectivity index (χ1n) is 6.04. The zero-order valence-corrected chi connectivity index (χ0v) is 11.8. The van der Waals surface area contributed by atoms with Gasteiger partial charge in [-0.3, -0.25) is 9.59 Å². The molecule has 2 unspecified atom stereocenters. The number of carbonyl (C=O) groups is 3. The number of hydrogen-bond acceptors (Lipinski definition) is 4. The molecule has 2 bridgehead atoms. The van der Waals surface area contributed by atoms with Crippen LogP contribution in [0.1, 0.15) is 23.2 Å². The summed E-state index contributed by atoms with van der Waals surface area (Å²) in [6.07, 6.45) is -0.174. The predicted octanol–water partition coefficient (Wildman–Crippen LogP) is 1.57. The first-order chi connectivity index (χ1) is 9.47. The molecule has 20 heavy (non-hydrogen) atoms. The molecule has 2 heterocycles. The second-order valence-corrected chi connectivity index (χ2v) is 5.62. The summed E-state index contributed by atoms with van der Waals surface area (Å²) >= 11 is 3.19. The number of fused-ring (bicyclic) bond motifs is 2. The SMILES string of the molecule is O=C(O)c1cc(Br)cc(N2C(=O)C3CCC(O3)C2=O)c1. The van der Waals surface area contributed by atoms with Gasteiger partial charge in [-0.15, -0.1) is 0 Å². The molecule has 6 nitrogen and oxygen atoms in total. The van der Waals surface area contributed by atoms with Crippen LogP contribution in [0.3, 0.4) is 0 Å². The summed E-state index contributed by atoms with van der Waals surface area (Å²) in [5, 5.41) is 9.05. The molecule has 2 saturated heterocycles. The van der Waals surface area contributed by atoms with Gasteiger partial charge in [0.05, 0.1) is 11.3 Å². The van der Waals surface area contributed by atoms with Crippen molar-refractivity contribution < 1.29 is 24.2 Å². The third-order valence-corrected chi connectivity index (χ3v) is 3.86. The lowest BCUT2D eigenvalue weighted by Gasteiger charge is -2.30. The molecule has 3 rings (SSSR count). The highest BCUT2D eigenvalue weighted by Gasteiger charge is 2.47. The number of benzene rings is 1. The molecule has 2 fully saturated rings. The van der Waals surface area contributed by atoms with Crippen LogP contribution in [0.2, 0.25) is 0 Å². The van der Waals surface area contributed by atoms with E-state index < -0.39 is 30.0 Å². The minimum Gasteiger partial charge on any atom is -0.478 e. The number of halogens is 1. The van der Waals surface area contributed by atoms with E-state index in [4.69, 9.17) is 9.84 Å². The fourth-order valence-corrected chi connectivity index (χ4v) is 2.96. The molecule has 1 aromatic rings. The largest absolute Gasteiger partial charge is 0.478 e. The second kappa shape index (κ2) is 4.68. The Hall–Kier alpha value is -1.73. The van der Waals surface area contributed by atoms with E-state index in [9.17, 15) is 14.4 Å². The average molecular weight is 340 g/mol. The van der Waals surface area contributed by atoms with Crippen LogP contribution in [-0.2, 0) is 14.3 Å². The minimum absolute atomic E-state index is 0.00816. The van der Waals surface area contributed by atoms with E-state index in [-0.39, 0.29) is 11.3 Å². The number of anilines is 1. The zero-order valence-electron chi connectivity index (χ0n) is 10.2. The van der Waals surface area contributed by atoms with Crippen molar-refractivity contribution in [2.75, 3.05) is 4.90 Å². The molecule has 0 aliphatic carbocycles. The summed E-state index contributed by atoms with van der Waals surface area (Å²) in [5.41, 5.74) is 0.265. The van der Waals surface area contributed by atoms with Gasteiger partial charge in [0.2, 0.25) is 0 Å². The molecule has 0 spiro atoms. The number of aromatic carboxylic acids is 1. The third kappa shape index (κ3) is 2.03. The number of amides is 2. The quantitative estimate of drug-likeness (QED) is 0.826. The molecular weight excluding hydrogens is 330 g/mol. The number of imide groups is 1. The Kier molecular flexibility index (Phi) is 3.10. The van der Waals surface area contributed by atoms with Gasteiger partial charge in [-0.25, -0.2) is 9.69 Å². The number of rotatable bonds is 2. The van der Waals surface area contributed by atoms with Gasteiger partial charge in [0, 0.05) is 4.47 Å². The van der Waals surface area contributed by atoms with Crippen LogP contribution in [0.25, 0.3) is 0 Å². The predicted molar refractivity (Wildman–Crippen MR) is 71.5 cm³/mol. The van der Waals surface area contributed by atoms with Crippen LogP contribution in [0.15, 0.2) is 22.7 Å². The van der Waals surface area contributed by atoms with Gasteiger partial charge in [0.25, 0.3) is 11.8 Å². The zero-order chi connectivity index (χ0) is 14.4. The van der Waals surface area contributed by atoms with Crippen LogP contribution in [-0.4, -0.2) is 35.1 Å². The van der Waals surface area contributed by atoms with Gasteiger partial charge in [-0.05, 0) is 31.0 Å². The Morgan fingerprint density at radius 1 is 1.20 bits per heavy atom. The summed E-state index contributed by atoms with van der Waals surface area (Å²) in [4.78, 5) is 36.5. The Bertz CT molecular complexity index is 607. The number of nitrogens with zero attached hydrogens (tertiary/aromatic N) is 1. The van der Waals surface area contributed by atoms with Gasteiger partial charge < -0.3 is 9.84 Å². The van der Waals surface area contributed by atoms with Crippen LogP contribution in [0.5, 0.6) is 0 Å². The molecule has 0 radical (unpaired) electrons. The lowest BCUT2D eigenvalue weighted by Crippen LogP contribution is -2.52. The fraction of sp³-hybridized carbons (Fsp3) is 0.308. The van der Waals surface area contributed by atoms with Crippen molar-refractivity contribution in [2.45, 2.75) is 25.0 Å². The van der Waals surface area contributed by atoms with Crippen molar-refractivity contribution in [3.63, 3.8) is 0 Å². The Morgan fingerprint density at radius 2 is 1.80 bits per heavy atom. The van der Waals surface area contributed by atoms with Gasteiger partial charge in [0.1, 0.15) is 12.2 Å². The topological polar surface area (TPSA) is 83.9 Å². The van der Waals surface area contributed by atoms with Crippen LogP contribution in [0, 0.1) is 0 Å². The summed E-state index contributed by atoms with van der Waals surface area (Å²) in [5.74, 6) is -1.99. The van der Waals surface area contributed by atoms with E-state index >= 15 is 0 Å². The van der Waals surface area contributed by atoms with Crippen LogP contribution in [0.4, 0.5) is 5.69 Å². The minimum atomic E-state index is -1.12. The monoisotopic (exact) mass is 339 g/mol. The van der Waals surface area contributed by atoms with Crippen molar-refractivity contribution in [1.82, 2.24) is 0 Å². The highest BCUT2D eigenvalue weighted by atomic mass is 79.9. The molecule has 2 aliphatic rings. The molecule has 2 aliphatic heterocycles. The lowest BCUT2D eigenvalue weighted by atomic mass is 10.1. The summed E-state index contributed by atoms with van der Waals surface area (Å²) in [6.45, 7) is 0. The standard InChI is InChI=1S/C13H10BrNO5/c14-7-3-6(13(18)19)4-8(5-7)15-11(16)9-1-2-10(20-9)12(15)17/h3-5,9-10H,1-2H2,(H,18,19). The smallest absolute Gasteiger partial charge is 0.335 e. The summed E-state index contributed by atoms with van der Waals surface area (Å²) in [6, 6.07) is 4.27. The summed E-state index contributed by atoms with van der Waals surface area (Å²) in [7, 11) is 0. The lowest BCUT2D eigenvalue weighted by molar-refractivity contribution is -0.146. The van der Waals surface area contributed by atoms with E-state index in [2.05, 4.69) is 15.9 Å². The van der Waals surface area contributed by atoms with E-state index in [0.717, 1.165) is 4.90 Å². The molecule has 2 amide bonds. The number of carboxylic acid groups (broad SMARTS) is 1. The molecule has 104 valence electrons. The third-order valence-electron chi connectivity index (χ3n) is 3.40. The van der Waals surface area contributed by atoms with Gasteiger partial charge in [-0.1, -0.05) is 15.9 Å². The van der Waals surface area contributed by atoms with Crippen molar-refractivity contribution >= 4 is 39.4 Å². The number of carboxylic acids is 1. The van der Waals surface area contributed by atoms with Gasteiger partial charge >= 0.3 is 5.97 Å². The molecule has 0 aromatic heterocycles. The molecule has 1 aromatic carbocycles. The molecule has 0 saturated carbocycles. The maximum atomic E-state index is 12.2. The molecular formula is C13H10BrNO5. The Labute approximate surface area is 122 Å². The number of morpholine rings is 1. The second-order valence-electron chi connectivity index (χ2n) is 4.71. The van der Waals surface area contributed by atoms with E-state index in [1.165, 1.54) is 12.1 Å². The van der Waals surface area contributed by atoms with Crippen molar-refractivity contribution in [1.29, 1.82) is 0 Å². The maximum Gasteiger partial charge on any atom is 0.335 e. The number of hydrogen-bond donors (Lipinski definition) is 1. The Balaban J connectivity index is 2.06. The molecule has 1 N–H and O–H groups in total. The normalized spacial score (nSPS) is 25.1. The maximum absolute atomic E-state index is 12.2. The highest BCUT2D eigenvalue weighted by molar-refractivity contribution is 9.10. The fourth-order valence-electron chi connectivity index (χ4n) is 2.48. The average Bonchev–Trinajstić information content (AvgIpc) is 2.83. The molecule has 7 heteroatoms.